The molecule has 0 aliphatic carbocycles. The number of rotatable bonds is 9. The molecule has 0 aromatic rings. The summed E-state index contributed by atoms with van der Waals surface area (Å²) in [7, 11) is 0. The van der Waals surface area contributed by atoms with Crippen molar-refractivity contribution in [3.63, 3.8) is 0 Å². The molecule has 0 rings (SSSR count). The van der Waals surface area contributed by atoms with Gasteiger partial charge in [0, 0.05) is 0 Å². The molecule has 2 atom stereocenters. The van der Waals surface area contributed by atoms with E-state index in [-0.39, 0.29) is 5.92 Å². The molecule has 0 aromatic carbocycles. The van der Waals surface area contributed by atoms with Crippen LogP contribution in [0.5, 0.6) is 0 Å². The molecule has 7 nitrogen and oxygen atoms in total. The highest BCUT2D eigenvalue weighted by atomic mass is 32.2. The molecule has 24 heavy (non-hydrogen) atoms. The highest BCUT2D eigenvalue weighted by Crippen LogP contribution is 2.10. The van der Waals surface area contributed by atoms with Crippen molar-refractivity contribution in [3.05, 3.63) is 0 Å². The standard InChI is InChI=1S/C16H31N3O4S/c1-10(2)9-12(19-15(22)23-16(3,4)5)14(21)18-11(13(17)20)7-8-24-6/h10-12H,7-9H2,1-6H3,(H2,17,20)(H,18,21)(H,19,22)/t11-,12?/m0/s1. The van der Waals surface area contributed by atoms with Crippen molar-refractivity contribution in [2.75, 3.05) is 12.0 Å². The van der Waals surface area contributed by atoms with Gasteiger partial charge < -0.3 is 21.1 Å². The van der Waals surface area contributed by atoms with Crippen LogP contribution in [0.15, 0.2) is 0 Å². The fraction of sp³-hybridized carbons (Fsp3) is 0.812. The lowest BCUT2D eigenvalue weighted by atomic mass is 10.0. The second-order valence-electron chi connectivity index (χ2n) is 7.07. The van der Waals surface area contributed by atoms with Gasteiger partial charge in [-0.2, -0.15) is 11.8 Å². The third-order valence-electron chi connectivity index (χ3n) is 2.99. The minimum absolute atomic E-state index is 0.175. The van der Waals surface area contributed by atoms with Crippen LogP contribution in [-0.4, -0.2) is 47.6 Å². The van der Waals surface area contributed by atoms with Gasteiger partial charge in [-0.1, -0.05) is 13.8 Å². The number of ether oxygens (including phenoxy) is 1. The molecule has 0 spiro atoms. The number of nitrogens with two attached hydrogens (primary N) is 1. The zero-order chi connectivity index (χ0) is 18.9. The van der Waals surface area contributed by atoms with E-state index in [1.807, 2.05) is 20.1 Å². The molecule has 140 valence electrons. The monoisotopic (exact) mass is 361 g/mol. The summed E-state index contributed by atoms with van der Waals surface area (Å²) in [5.74, 6) is -0.145. The lowest BCUT2D eigenvalue weighted by Crippen LogP contribution is -2.54. The molecule has 0 saturated carbocycles. The van der Waals surface area contributed by atoms with Gasteiger partial charge in [0.05, 0.1) is 0 Å². The van der Waals surface area contributed by atoms with Gasteiger partial charge in [-0.05, 0) is 51.5 Å². The van der Waals surface area contributed by atoms with E-state index in [2.05, 4.69) is 10.6 Å². The summed E-state index contributed by atoms with van der Waals surface area (Å²) in [6.45, 7) is 9.12. The SMILES string of the molecule is CSCC[C@H](NC(=O)C(CC(C)C)NC(=O)OC(C)(C)C)C(N)=O. The molecular weight excluding hydrogens is 330 g/mol. The molecule has 3 amide bonds. The number of alkyl carbamates (subject to hydrolysis) is 1. The van der Waals surface area contributed by atoms with Crippen molar-refractivity contribution in [3.8, 4) is 0 Å². The summed E-state index contributed by atoms with van der Waals surface area (Å²) in [5, 5.41) is 5.20. The van der Waals surface area contributed by atoms with Gasteiger partial charge in [0.15, 0.2) is 0 Å². The Morgan fingerprint density at radius 1 is 1.12 bits per heavy atom. The topological polar surface area (TPSA) is 111 Å². The summed E-state index contributed by atoms with van der Waals surface area (Å²) in [6.07, 6.45) is 2.12. The minimum atomic E-state index is -0.782. The zero-order valence-corrected chi connectivity index (χ0v) is 16.3. The fourth-order valence-electron chi connectivity index (χ4n) is 1.95. The molecule has 0 aliphatic rings. The third kappa shape index (κ3) is 10.4. The Bertz CT molecular complexity index is 436. The molecule has 1 unspecified atom stereocenters. The largest absolute Gasteiger partial charge is 0.444 e. The normalized spacial score (nSPS) is 14.0. The molecular formula is C16H31N3O4S. The van der Waals surface area contributed by atoms with Gasteiger partial charge in [-0.15, -0.1) is 0 Å². The smallest absolute Gasteiger partial charge is 0.408 e. The number of carbonyl (C=O) groups excluding carboxylic acids is 3. The first-order chi connectivity index (χ1) is 11.0. The van der Waals surface area contributed by atoms with Crippen LogP contribution in [0.3, 0.4) is 0 Å². The van der Waals surface area contributed by atoms with E-state index < -0.39 is 35.6 Å². The maximum Gasteiger partial charge on any atom is 0.408 e. The molecule has 0 bridgehead atoms. The Balaban J connectivity index is 4.92. The predicted molar refractivity (Wildman–Crippen MR) is 96.7 cm³/mol. The van der Waals surface area contributed by atoms with Crippen molar-refractivity contribution in [1.82, 2.24) is 10.6 Å². The highest BCUT2D eigenvalue weighted by Gasteiger charge is 2.27. The zero-order valence-electron chi connectivity index (χ0n) is 15.5. The molecule has 0 aromatic heterocycles. The maximum atomic E-state index is 12.5. The van der Waals surface area contributed by atoms with Crippen LogP contribution in [-0.2, 0) is 14.3 Å². The van der Waals surface area contributed by atoms with Crippen LogP contribution in [0.2, 0.25) is 0 Å². The molecule has 8 heteroatoms. The van der Waals surface area contributed by atoms with E-state index >= 15 is 0 Å². The van der Waals surface area contributed by atoms with Gasteiger partial charge in [0.2, 0.25) is 11.8 Å². The quantitative estimate of drug-likeness (QED) is 0.578. The number of thioether (sulfide) groups is 1. The van der Waals surface area contributed by atoms with E-state index in [9.17, 15) is 14.4 Å². The first kappa shape index (κ1) is 22.6. The minimum Gasteiger partial charge on any atom is -0.444 e. The van der Waals surface area contributed by atoms with Crippen molar-refractivity contribution in [1.29, 1.82) is 0 Å². The Morgan fingerprint density at radius 2 is 1.71 bits per heavy atom. The van der Waals surface area contributed by atoms with Gasteiger partial charge in [0.25, 0.3) is 0 Å². The predicted octanol–water partition coefficient (Wildman–Crippen LogP) is 1.65. The average molecular weight is 362 g/mol. The Labute approximate surface area is 148 Å². The van der Waals surface area contributed by atoms with Crippen LogP contribution < -0.4 is 16.4 Å². The Kier molecular flexibility index (Phi) is 9.80. The van der Waals surface area contributed by atoms with E-state index in [1.165, 1.54) is 0 Å². The summed E-state index contributed by atoms with van der Waals surface area (Å²) in [6, 6.07) is -1.53. The molecule has 0 heterocycles. The number of nitrogens with one attached hydrogen (secondary N) is 2. The number of carbonyl (C=O) groups is 3. The molecule has 0 fully saturated rings. The van der Waals surface area contributed by atoms with Crippen molar-refractivity contribution in [2.24, 2.45) is 11.7 Å². The van der Waals surface area contributed by atoms with Crippen molar-refractivity contribution >= 4 is 29.7 Å². The second-order valence-corrected chi connectivity index (χ2v) is 8.06. The second kappa shape index (κ2) is 10.4. The van der Waals surface area contributed by atoms with Gasteiger partial charge >= 0.3 is 6.09 Å². The number of amides is 3. The lowest BCUT2D eigenvalue weighted by Gasteiger charge is -2.25. The van der Waals surface area contributed by atoms with E-state index in [0.717, 1.165) is 0 Å². The lowest BCUT2D eigenvalue weighted by molar-refractivity contribution is -0.128. The van der Waals surface area contributed by atoms with Crippen LogP contribution in [0.1, 0.15) is 47.5 Å². The van der Waals surface area contributed by atoms with Crippen LogP contribution >= 0.6 is 11.8 Å². The van der Waals surface area contributed by atoms with Crippen molar-refractivity contribution < 1.29 is 19.1 Å². The summed E-state index contributed by atoms with van der Waals surface area (Å²) in [5.41, 5.74) is 4.68. The Hall–Kier alpha value is -1.44. The first-order valence-electron chi connectivity index (χ1n) is 8.04. The van der Waals surface area contributed by atoms with E-state index in [1.54, 1.807) is 32.5 Å². The fourth-order valence-corrected chi connectivity index (χ4v) is 2.42. The van der Waals surface area contributed by atoms with Crippen LogP contribution in [0.25, 0.3) is 0 Å². The summed E-state index contributed by atoms with van der Waals surface area (Å²) in [4.78, 5) is 35.9. The number of primary amides is 1. The van der Waals surface area contributed by atoms with Crippen LogP contribution in [0, 0.1) is 5.92 Å². The summed E-state index contributed by atoms with van der Waals surface area (Å²) < 4.78 is 5.19. The molecule has 0 aliphatic heterocycles. The van der Waals surface area contributed by atoms with Crippen molar-refractivity contribution in [2.45, 2.75) is 65.1 Å². The number of hydrogen-bond acceptors (Lipinski definition) is 5. The first-order valence-corrected chi connectivity index (χ1v) is 9.43. The average Bonchev–Trinajstić information content (AvgIpc) is 2.39. The summed E-state index contributed by atoms with van der Waals surface area (Å²) >= 11 is 1.56. The van der Waals surface area contributed by atoms with Crippen LogP contribution in [0.4, 0.5) is 4.79 Å². The molecule has 4 N–H and O–H groups in total. The third-order valence-corrected chi connectivity index (χ3v) is 3.63. The van der Waals surface area contributed by atoms with Gasteiger partial charge in [-0.3, -0.25) is 9.59 Å². The Morgan fingerprint density at radius 3 is 2.12 bits per heavy atom. The molecule has 0 saturated heterocycles. The van der Waals surface area contributed by atoms with E-state index in [0.29, 0.717) is 18.6 Å². The number of hydrogen-bond donors (Lipinski definition) is 3. The van der Waals surface area contributed by atoms with Gasteiger partial charge in [-0.25, -0.2) is 4.79 Å². The maximum absolute atomic E-state index is 12.5. The molecule has 0 radical (unpaired) electrons. The highest BCUT2D eigenvalue weighted by molar-refractivity contribution is 7.98. The van der Waals surface area contributed by atoms with Gasteiger partial charge in [0.1, 0.15) is 17.7 Å². The van der Waals surface area contributed by atoms with E-state index in [4.69, 9.17) is 10.5 Å².